The Morgan fingerprint density at radius 2 is 1.81 bits per heavy atom. The van der Waals surface area contributed by atoms with Gasteiger partial charge in [0.2, 0.25) is 12.5 Å². The number of rotatable bonds is 1. The van der Waals surface area contributed by atoms with Gasteiger partial charge in [0, 0.05) is 18.1 Å². The van der Waals surface area contributed by atoms with Crippen molar-refractivity contribution >= 4 is 10.8 Å². The first-order chi connectivity index (χ1) is 13.0. The Morgan fingerprint density at radius 3 is 2.56 bits per heavy atom. The van der Waals surface area contributed by atoms with Gasteiger partial charge in [0.05, 0.1) is 18.1 Å². The van der Waals surface area contributed by atoms with E-state index in [4.69, 9.17) is 14.2 Å². The number of pyridine rings is 1. The van der Waals surface area contributed by atoms with E-state index in [9.17, 15) is 0 Å². The highest BCUT2D eigenvalue weighted by atomic mass is 16.7. The fourth-order valence-corrected chi connectivity index (χ4v) is 4.23. The van der Waals surface area contributed by atoms with E-state index in [0.717, 1.165) is 35.6 Å². The van der Waals surface area contributed by atoms with Crippen LogP contribution in [0, 0.1) is 0 Å². The molecular formula is C23H24NO3+. The van der Waals surface area contributed by atoms with Gasteiger partial charge in [0.1, 0.15) is 5.75 Å². The van der Waals surface area contributed by atoms with Crippen LogP contribution in [0.25, 0.3) is 22.0 Å². The maximum atomic E-state index is 5.86. The van der Waals surface area contributed by atoms with Crippen LogP contribution < -0.4 is 18.8 Å². The molecule has 27 heavy (non-hydrogen) atoms. The van der Waals surface area contributed by atoms with E-state index >= 15 is 0 Å². The van der Waals surface area contributed by atoms with Gasteiger partial charge in [0.25, 0.3) is 0 Å². The van der Waals surface area contributed by atoms with Crippen LogP contribution in [-0.2, 0) is 18.4 Å². The van der Waals surface area contributed by atoms with Crippen molar-refractivity contribution in [1.82, 2.24) is 0 Å². The largest absolute Gasteiger partial charge is 0.496 e. The summed E-state index contributed by atoms with van der Waals surface area (Å²) in [5, 5.41) is 2.36. The number of hydrogen-bond donors (Lipinski definition) is 0. The molecular weight excluding hydrogens is 338 g/mol. The number of hydrogen-bond acceptors (Lipinski definition) is 3. The normalized spacial score (nSPS) is 14.8. The average molecular weight is 362 g/mol. The van der Waals surface area contributed by atoms with Crippen molar-refractivity contribution in [3.63, 3.8) is 0 Å². The minimum atomic E-state index is 0.0323. The summed E-state index contributed by atoms with van der Waals surface area (Å²) >= 11 is 0. The SMILES string of the molecule is COc1c(C(C)(C)C)ccc2cc3[n+](cc12)CCc1cc2c(cc1-3)OCO2. The summed E-state index contributed by atoms with van der Waals surface area (Å²) < 4.78 is 19.3. The lowest BCUT2D eigenvalue weighted by molar-refractivity contribution is -0.686. The van der Waals surface area contributed by atoms with Crippen molar-refractivity contribution in [3.05, 3.63) is 47.7 Å². The topological polar surface area (TPSA) is 31.6 Å². The van der Waals surface area contributed by atoms with Crippen molar-refractivity contribution in [2.24, 2.45) is 0 Å². The third-order valence-electron chi connectivity index (χ3n) is 5.62. The third-order valence-corrected chi connectivity index (χ3v) is 5.62. The van der Waals surface area contributed by atoms with E-state index in [2.05, 4.69) is 61.9 Å². The highest BCUT2D eigenvalue weighted by molar-refractivity contribution is 5.91. The number of benzene rings is 2. The van der Waals surface area contributed by atoms with Gasteiger partial charge in [-0.2, -0.15) is 4.57 Å². The van der Waals surface area contributed by atoms with E-state index in [1.807, 2.05) is 0 Å². The Balaban J connectivity index is 1.74. The van der Waals surface area contributed by atoms with Crippen molar-refractivity contribution in [1.29, 1.82) is 0 Å². The maximum Gasteiger partial charge on any atom is 0.231 e. The Labute approximate surface area is 159 Å². The highest BCUT2D eigenvalue weighted by Crippen LogP contribution is 2.41. The summed E-state index contributed by atoms with van der Waals surface area (Å²) in [5.41, 5.74) is 5.03. The van der Waals surface area contributed by atoms with Crippen LogP contribution in [0.5, 0.6) is 17.2 Å². The highest BCUT2D eigenvalue weighted by Gasteiger charge is 2.29. The van der Waals surface area contributed by atoms with Gasteiger partial charge in [-0.1, -0.05) is 32.9 Å². The molecule has 0 atom stereocenters. The van der Waals surface area contributed by atoms with Gasteiger partial charge in [0.15, 0.2) is 24.2 Å². The monoisotopic (exact) mass is 362 g/mol. The molecule has 4 heteroatoms. The molecule has 3 aromatic rings. The smallest absolute Gasteiger partial charge is 0.231 e. The summed E-state index contributed by atoms with van der Waals surface area (Å²) in [6.07, 6.45) is 3.22. The zero-order valence-corrected chi connectivity index (χ0v) is 16.3. The van der Waals surface area contributed by atoms with Crippen LogP contribution in [0.4, 0.5) is 0 Å². The van der Waals surface area contributed by atoms with Crippen molar-refractivity contribution in [3.8, 4) is 28.5 Å². The minimum absolute atomic E-state index is 0.0323. The molecule has 5 rings (SSSR count). The molecule has 0 N–H and O–H groups in total. The van der Waals surface area contributed by atoms with Crippen LogP contribution >= 0.6 is 0 Å². The molecule has 1 aromatic heterocycles. The first-order valence-corrected chi connectivity index (χ1v) is 9.43. The maximum absolute atomic E-state index is 5.86. The minimum Gasteiger partial charge on any atom is -0.496 e. The Morgan fingerprint density at radius 1 is 1.04 bits per heavy atom. The first-order valence-electron chi connectivity index (χ1n) is 9.43. The molecule has 0 amide bonds. The number of nitrogens with zero attached hydrogens (tertiary/aromatic N) is 1. The fraction of sp³-hybridized carbons (Fsp3) is 0.348. The molecule has 2 aromatic carbocycles. The summed E-state index contributed by atoms with van der Waals surface area (Å²) in [4.78, 5) is 0. The Hall–Kier alpha value is -2.75. The fourth-order valence-electron chi connectivity index (χ4n) is 4.23. The van der Waals surface area contributed by atoms with Gasteiger partial charge in [-0.05, 0) is 28.5 Å². The molecule has 138 valence electrons. The number of ether oxygens (including phenoxy) is 3. The lowest BCUT2D eigenvalue weighted by Crippen LogP contribution is -2.40. The second kappa shape index (κ2) is 5.62. The summed E-state index contributed by atoms with van der Waals surface area (Å²) in [5.74, 6) is 2.68. The van der Waals surface area contributed by atoms with E-state index < -0.39 is 0 Å². The van der Waals surface area contributed by atoms with Crippen LogP contribution in [0.15, 0.2) is 36.5 Å². The summed E-state index contributed by atoms with van der Waals surface area (Å²) in [6.45, 7) is 7.92. The number of fused-ring (bicyclic) bond motifs is 5. The average Bonchev–Trinajstić information content (AvgIpc) is 3.10. The first kappa shape index (κ1) is 16.4. The molecule has 4 nitrogen and oxygen atoms in total. The molecule has 0 spiro atoms. The standard InChI is InChI=1S/C23H24NO3/c1-23(2,3)18-6-5-14-9-19-16-11-21-20(26-13-27-21)10-15(16)7-8-24(19)12-17(14)22(18)25-4/h5-6,9-12H,7-8,13H2,1-4H3/q+1. The van der Waals surface area contributed by atoms with Gasteiger partial charge < -0.3 is 14.2 Å². The molecule has 2 aliphatic rings. The number of aromatic nitrogens is 1. The van der Waals surface area contributed by atoms with Crippen LogP contribution in [0.2, 0.25) is 0 Å². The predicted octanol–water partition coefficient (Wildman–Crippen LogP) is 4.39. The number of aryl methyl sites for hydroxylation is 2. The zero-order chi connectivity index (χ0) is 18.8. The second-order valence-corrected chi connectivity index (χ2v) is 8.36. The van der Waals surface area contributed by atoms with E-state index in [1.54, 1.807) is 7.11 Å². The van der Waals surface area contributed by atoms with Gasteiger partial charge in [-0.15, -0.1) is 0 Å². The van der Waals surface area contributed by atoms with E-state index in [0.29, 0.717) is 6.79 Å². The molecule has 2 aliphatic heterocycles. The lowest BCUT2D eigenvalue weighted by Gasteiger charge is -2.23. The van der Waals surface area contributed by atoms with E-state index in [-0.39, 0.29) is 5.41 Å². The molecule has 0 bridgehead atoms. The Kier molecular flexibility index (Phi) is 3.42. The summed E-state index contributed by atoms with van der Waals surface area (Å²) in [7, 11) is 1.77. The van der Waals surface area contributed by atoms with Crippen molar-refractivity contribution in [2.75, 3.05) is 13.9 Å². The number of methoxy groups -OCH3 is 1. The van der Waals surface area contributed by atoms with Crippen LogP contribution in [0.3, 0.4) is 0 Å². The molecule has 0 saturated heterocycles. The van der Waals surface area contributed by atoms with Crippen LogP contribution in [-0.4, -0.2) is 13.9 Å². The van der Waals surface area contributed by atoms with Gasteiger partial charge >= 0.3 is 0 Å². The van der Waals surface area contributed by atoms with Crippen molar-refractivity contribution in [2.45, 2.75) is 39.2 Å². The molecule has 0 aliphatic carbocycles. The molecule has 3 heterocycles. The lowest BCUT2D eigenvalue weighted by atomic mass is 9.84. The molecule has 0 unspecified atom stereocenters. The predicted molar refractivity (Wildman–Crippen MR) is 105 cm³/mol. The van der Waals surface area contributed by atoms with Crippen LogP contribution in [0.1, 0.15) is 31.9 Å². The summed E-state index contributed by atoms with van der Waals surface area (Å²) in [6, 6.07) is 10.9. The van der Waals surface area contributed by atoms with E-state index in [1.165, 1.54) is 27.8 Å². The molecule has 0 radical (unpaired) electrons. The Bertz CT molecular complexity index is 1080. The van der Waals surface area contributed by atoms with Gasteiger partial charge in [-0.25, -0.2) is 0 Å². The molecule has 0 fully saturated rings. The zero-order valence-electron chi connectivity index (χ0n) is 16.3. The third kappa shape index (κ3) is 2.47. The molecule has 0 saturated carbocycles. The quantitative estimate of drug-likeness (QED) is 0.602. The second-order valence-electron chi connectivity index (χ2n) is 8.36. The van der Waals surface area contributed by atoms with Crippen molar-refractivity contribution < 1.29 is 18.8 Å². The van der Waals surface area contributed by atoms with Gasteiger partial charge in [-0.3, -0.25) is 0 Å².